The standard InChI is InChI=1S/C17H26N2O5/c1-17(2,3)18-16(21)24-12-14(15(20)19(4)22-5)23-11-13-9-7-6-8-10-13/h6-10,14H,11-12H2,1-5H3,(H,18,21). The Bertz CT molecular complexity index is 528. The van der Waals surface area contributed by atoms with Gasteiger partial charge in [-0.15, -0.1) is 0 Å². The van der Waals surface area contributed by atoms with Gasteiger partial charge in [-0.3, -0.25) is 9.63 Å². The van der Waals surface area contributed by atoms with Gasteiger partial charge in [0.2, 0.25) is 0 Å². The number of rotatable bonds is 7. The van der Waals surface area contributed by atoms with Crippen molar-refractivity contribution in [1.82, 2.24) is 10.4 Å². The molecule has 7 heteroatoms. The Balaban J connectivity index is 2.64. The van der Waals surface area contributed by atoms with Crippen LogP contribution in [0.15, 0.2) is 30.3 Å². The molecule has 0 fully saturated rings. The lowest BCUT2D eigenvalue weighted by Crippen LogP contribution is -2.44. The van der Waals surface area contributed by atoms with Gasteiger partial charge in [0.25, 0.3) is 5.91 Å². The van der Waals surface area contributed by atoms with Gasteiger partial charge in [0, 0.05) is 12.6 Å². The Kier molecular flexibility index (Phi) is 7.67. The van der Waals surface area contributed by atoms with Gasteiger partial charge in [-0.2, -0.15) is 0 Å². The zero-order chi connectivity index (χ0) is 18.2. The van der Waals surface area contributed by atoms with Crippen LogP contribution in [0.2, 0.25) is 0 Å². The van der Waals surface area contributed by atoms with E-state index in [1.165, 1.54) is 14.2 Å². The number of hydrogen-bond acceptors (Lipinski definition) is 5. The molecule has 0 spiro atoms. The van der Waals surface area contributed by atoms with Gasteiger partial charge in [0.1, 0.15) is 6.61 Å². The first-order valence-electron chi connectivity index (χ1n) is 7.65. The first kappa shape index (κ1) is 19.9. The second kappa shape index (κ2) is 9.24. The van der Waals surface area contributed by atoms with Crippen LogP contribution in [-0.4, -0.2) is 49.5 Å². The number of nitrogens with zero attached hydrogens (tertiary/aromatic N) is 1. The minimum absolute atomic E-state index is 0.207. The van der Waals surface area contributed by atoms with Crippen molar-refractivity contribution in [3.8, 4) is 0 Å². The van der Waals surface area contributed by atoms with E-state index in [1.54, 1.807) is 0 Å². The molecule has 0 aliphatic rings. The summed E-state index contributed by atoms with van der Waals surface area (Å²) in [6.07, 6.45) is -1.57. The quantitative estimate of drug-likeness (QED) is 0.771. The van der Waals surface area contributed by atoms with E-state index in [2.05, 4.69) is 5.32 Å². The van der Waals surface area contributed by atoms with E-state index in [9.17, 15) is 9.59 Å². The van der Waals surface area contributed by atoms with Crippen molar-refractivity contribution in [2.24, 2.45) is 0 Å². The average molecular weight is 338 g/mol. The first-order chi connectivity index (χ1) is 11.2. The maximum atomic E-state index is 12.3. The fraction of sp³-hybridized carbons (Fsp3) is 0.529. The zero-order valence-electron chi connectivity index (χ0n) is 14.9. The van der Waals surface area contributed by atoms with Crippen molar-refractivity contribution in [2.45, 2.75) is 39.0 Å². The zero-order valence-corrected chi connectivity index (χ0v) is 14.9. The van der Waals surface area contributed by atoms with Crippen LogP contribution in [0.3, 0.4) is 0 Å². The molecule has 0 aromatic heterocycles. The monoisotopic (exact) mass is 338 g/mol. The third-order valence-electron chi connectivity index (χ3n) is 3.00. The summed E-state index contributed by atoms with van der Waals surface area (Å²) in [5.74, 6) is -0.433. The van der Waals surface area contributed by atoms with E-state index < -0.39 is 23.6 Å². The Morgan fingerprint density at radius 1 is 1.21 bits per heavy atom. The maximum Gasteiger partial charge on any atom is 0.407 e. The number of carbonyl (C=O) groups is 2. The summed E-state index contributed by atoms with van der Waals surface area (Å²) in [6, 6.07) is 9.42. The summed E-state index contributed by atoms with van der Waals surface area (Å²) < 4.78 is 10.7. The lowest BCUT2D eigenvalue weighted by molar-refractivity contribution is -0.183. The molecular formula is C17H26N2O5. The van der Waals surface area contributed by atoms with Crippen LogP contribution >= 0.6 is 0 Å². The molecule has 1 unspecified atom stereocenters. The summed E-state index contributed by atoms with van der Waals surface area (Å²) in [6.45, 7) is 5.52. The van der Waals surface area contributed by atoms with Crippen LogP contribution in [-0.2, 0) is 25.7 Å². The lowest BCUT2D eigenvalue weighted by atomic mass is 10.1. The van der Waals surface area contributed by atoms with E-state index in [0.717, 1.165) is 10.6 Å². The molecule has 0 aliphatic carbocycles. The number of amides is 2. The van der Waals surface area contributed by atoms with Crippen LogP contribution in [0.1, 0.15) is 26.3 Å². The Labute approximate surface area is 142 Å². The van der Waals surface area contributed by atoms with Gasteiger partial charge in [0.05, 0.1) is 13.7 Å². The average Bonchev–Trinajstić information content (AvgIpc) is 2.52. The molecule has 1 aromatic carbocycles. The predicted molar refractivity (Wildman–Crippen MR) is 89.0 cm³/mol. The Morgan fingerprint density at radius 2 is 1.83 bits per heavy atom. The number of benzene rings is 1. The van der Waals surface area contributed by atoms with Crippen molar-refractivity contribution in [3.05, 3.63) is 35.9 Å². The van der Waals surface area contributed by atoms with Crippen LogP contribution in [0, 0.1) is 0 Å². The highest BCUT2D eigenvalue weighted by atomic mass is 16.7. The van der Waals surface area contributed by atoms with Gasteiger partial charge in [-0.1, -0.05) is 30.3 Å². The number of likely N-dealkylation sites (N-methyl/N-ethyl adjacent to an activating group) is 1. The molecule has 1 rings (SSSR count). The first-order valence-corrected chi connectivity index (χ1v) is 7.65. The van der Waals surface area contributed by atoms with Crippen molar-refractivity contribution in [2.75, 3.05) is 20.8 Å². The van der Waals surface area contributed by atoms with E-state index in [4.69, 9.17) is 14.3 Å². The third-order valence-corrected chi connectivity index (χ3v) is 3.00. The SMILES string of the molecule is CON(C)C(=O)C(COC(=O)NC(C)(C)C)OCc1ccccc1. The Morgan fingerprint density at radius 3 is 2.38 bits per heavy atom. The molecule has 0 saturated carbocycles. The number of ether oxygens (including phenoxy) is 2. The summed E-state index contributed by atoms with van der Waals surface area (Å²) in [5, 5.41) is 3.70. The van der Waals surface area contributed by atoms with E-state index >= 15 is 0 Å². The van der Waals surface area contributed by atoms with Gasteiger partial charge < -0.3 is 14.8 Å². The van der Waals surface area contributed by atoms with Gasteiger partial charge in [0.15, 0.2) is 6.10 Å². The summed E-state index contributed by atoms with van der Waals surface area (Å²) in [4.78, 5) is 28.9. The largest absolute Gasteiger partial charge is 0.446 e. The fourth-order valence-electron chi connectivity index (χ4n) is 1.75. The summed E-state index contributed by atoms with van der Waals surface area (Å²) >= 11 is 0. The molecule has 1 aromatic rings. The highest BCUT2D eigenvalue weighted by Crippen LogP contribution is 2.07. The number of hydroxylamine groups is 2. The van der Waals surface area contributed by atoms with E-state index in [1.807, 2.05) is 51.1 Å². The number of nitrogens with one attached hydrogen (secondary N) is 1. The third kappa shape index (κ3) is 7.43. The van der Waals surface area contributed by atoms with E-state index in [0.29, 0.717) is 0 Å². The second-order valence-electron chi connectivity index (χ2n) is 6.28. The minimum atomic E-state index is -0.958. The number of hydrogen-bond donors (Lipinski definition) is 1. The molecule has 7 nitrogen and oxygen atoms in total. The highest BCUT2D eigenvalue weighted by molar-refractivity contribution is 5.80. The number of carbonyl (C=O) groups excluding carboxylic acids is 2. The highest BCUT2D eigenvalue weighted by Gasteiger charge is 2.26. The van der Waals surface area contributed by atoms with Crippen molar-refractivity contribution in [3.63, 3.8) is 0 Å². The topological polar surface area (TPSA) is 77.1 Å². The van der Waals surface area contributed by atoms with Gasteiger partial charge in [-0.25, -0.2) is 9.86 Å². The van der Waals surface area contributed by atoms with Crippen LogP contribution in [0.25, 0.3) is 0 Å². The molecule has 2 amide bonds. The van der Waals surface area contributed by atoms with Crippen LogP contribution in [0.5, 0.6) is 0 Å². The van der Waals surface area contributed by atoms with E-state index in [-0.39, 0.29) is 13.2 Å². The van der Waals surface area contributed by atoms with Gasteiger partial charge >= 0.3 is 6.09 Å². The fourth-order valence-corrected chi connectivity index (χ4v) is 1.75. The predicted octanol–water partition coefficient (Wildman–Crippen LogP) is 2.12. The van der Waals surface area contributed by atoms with Crippen LogP contribution < -0.4 is 5.32 Å². The molecule has 0 heterocycles. The molecule has 0 aliphatic heterocycles. The maximum absolute atomic E-state index is 12.3. The van der Waals surface area contributed by atoms with Crippen LogP contribution in [0.4, 0.5) is 4.79 Å². The smallest absolute Gasteiger partial charge is 0.407 e. The summed E-state index contributed by atoms with van der Waals surface area (Å²) in [5.41, 5.74) is 0.486. The van der Waals surface area contributed by atoms with Crippen molar-refractivity contribution in [1.29, 1.82) is 0 Å². The molecular weight excluding hydrogens is 312 g/mol. The molecule has 134 valence electrons. The van der Waals surface area contributed by atoms with Crippen molar-refractivity contribution < 1.29 is 23.9 Å². The molecule has 0 bridgehead atoms. The number of alkyl carbamates (subject to hydrolysis) is 1. The Hall–Kier alpha value is -2.12. The molecule has 0 saturated heterocycles. The molecule has 24 heavy (non-hydrogen) atoms. The molecule has 1 atom stereocenters. The molecule has 0 radical (unpaired) electrons. The lowest BCUT2D eigenvalue weighted by Gasteiger charge is -2.24. The minimum Gasteiger partial charge on any atom is -0.446 e. The van der Waals surface area contributed by atoms with Gasteiger partial charge in [-0.05, 0) is 26.3 Å². The summed E-state index contributed by atoms with van der Waals surface area (Å²) in [7, 11) is 2.84. The van der Waals surface area contributed by atoms with Crippen molar-refractivity contribution >= 4 is 12.0 Å². The second-order valence-corrected chi connectivity index (χ2v) is 6.28. The molecule has 1 N–H and O–H groups in total. The normalized spacial score (nSPS) is 12.4.